The highest BCUT2D eigenvalue weighted by Crippen LogP contribution is 2.22. The fourth-order valence-corrected chi connectivity index (χ4v) is 2.61. The zero-order valence-corrected chi connectivity index (χ0v) is 11.2. The first-order chi connectivity index (χ1) is 10.3. The van der Waals surface area contributed by atoms with E-state index in [4.69, 9.17) is 0 Å². The summed E-state index contributed by atoms with van der Waals surface area (Å²) in [5, 5.41) is 1.92. The number of aromatic amines is 1. The average Bonchev–Trinajstić information content (AvgIpc) is 2.98. The van der Waals surface area contributed by atoms with Crippen LogP contribution >= 0.6 is 0 Å². The zero-order valence-electron chi connectivity index (χ0n) is 11.2. The molecule has 0 saturated heterocycles. The molecule has 0 spiro atoms. The molecule has 0 atom stereocenters. The van der Waals surface area contributed by atoms with Gasteiger partial charge in [-0.05, 0) is 18.2 Å². The van der Waals surface area contributed by atoms with Crippen LogP contribution in [0.25, 0.3) is 21.8 Å². The molecule has 4 rings (SSSR count). The number of nitrogens with one attached hydrogen (secondary N) is 1. The van der Waals surface area contributed by atoms with Gasteiger partial charge >= 0.3 is 0 Å². The van der Waals surface area contributed by atoms with Crippen molar-refractivity contribution in [3.8, 4) is 0 Å². The lowest BCUT2D eigenvalue weighted by Gasteiger charge is -2.02. The van der Waals surface area contributed by atoms with Gasteiger partial charge in [0.15, 0.2) is 5.78 Å². The summed E-state index contributed by atoms with van der Waals surface area (Å²) in [6, 6.07) is 17.5. The highest BCUT2D eigenvalue weighted by molar-refractivity contribution is 6.16. The summed E-state index contributed by atoms with van der Waals surface area (Å²) < 4.78 is 0. The molecule has 0 bridgehead atoms. The Morgan fingerprint density at radius 3 is 2.76 bits per heavy atom. The molecule has 2 aromatic carbocycles. The Labute approximate surface area is 121 Å². The average molecular weight is 272 g/mol. The standard InChI is InChI=1S/C18H12N2O/c21-18(15-11-20-17-8-4-2-6-14(15)17)13-9-12-5-1-3-7-16(12)19-10-13/h1-11,20H. The molecule has 3 nitrogen and oxygen atoms in total. The van der Waals surface area contributed by atoms with E-state index in [0.29, 0.717) is 11.1 Å². The predicted molar refractivity (Wildman–Crippen MR) is 83.5 cm³/mol. The number of carbonyl (C=O) groups excluding carboxylic acids is 1. The van der Waals surface area contributed by atoms with E-state index in [9.17, 15) is 4.79 Å². The van der Waals surface area contributed by atoms with Crippen LogP contribution in [0.4, 0.5) is 0 Å². The third-order valence-corrected chi connectivity index (χ3v) is 3.69. The molecule has 2 heterocycles. The van der Waals surface area contributed by atoms with E-state index in [1.807, 2.05) is 54.6 Å². The van der Waals surface area contributed by atoms with Gasteiger partial charge in [0, 0.05) is 39.8 Å². The van der Waals surface area contributed by atoms with Gasteiger partial charge in [0.25, 0.3) is 0 Å². The number of pyridine rings is 1. The minimum Gasteiger partial charge on any atom is -0.360 e. The van der Waals surface area contributed by atoms with Gasteiger partial charge in [-0.15, -0.1) is 0 Å². The van der Waals surface area contributed by atoms with Crippen molar-refractivity contribution in [3.63, 3.8) is 0 Å². The summed E-state index contributed by atoms with van der Waals surface area (Å²) in [6.07, 6.45) is 3.41. The molecule has 2 aromatic heterocycles. The van der Waals surface area contributed by atoms with Gasteiger partial charge in [-0.2, -0.15) is 0 Å². The summed E-state index contributed by atoms with van der Waals surface area (Å²) in [5.41, 5.74) is 3.16. The van der Waals surface area contributed by atoms with E-state index >= 15 is 0 Å². The van der Waals surface area contributed by atoms with Gasteiger partial charge in [-0.3, -0.25) is 9.78 Å². The largest absolute Gasteiger partial charge is 0.360 e. The normalized spacial score (nSPS) is 11.0. The van der Waals surface area contributed by atoms with Gasteiger partial charge in [0.1, 0.15) is 0 Å². The fraction of sp³-hybridized carbons (Fsp3) is 0. The Balaban J connectivity index is 1.86. The molecular weight excluding hydrogens is 260 g/mol. The van der Waals surface area contributed by atoms with E-state index in [2.05, 4.69) is 9.97 Å². The van der Waals surface area contributed by atoms with Crippen LogP contribution in [0.2, 0.25) is 0 Å². The highest BCUT2D eigenvalue weighted by Gasteiger charge is 2.14. The van der Waals surface area contributed by atoms with Crippen molar-refractivity contribution in [3.05, 3.63) is 78.1 Å². The lowest BCUT2D eigenvalue weighted by atomic mass is 10.0. The van der Waals surface area contributed by atoms with Crippen molar-refractivity contribution in [2.24, 2.45) is 0 Å². The quantitative estimate of drug-likeness (QED) is 0.562. The number of carbonyl (C=O) groups is 1. The van der Waals surface area contributed by atoms with Crippen molar-refractivity contribution < 1.29 is 4.79 Å². The number of fused-ring (bicyclic) bond motifs is 2. The molecule has 0 aliphatic rings. The highest BCUT2D eigenvalue weighted by atomic mass is 16.1. The molecule has 100 valence electrons. The Bertz CT molecular complexity index is 969. The van der Waals surface area contributed by atoms with Crippen LogP contribution < -0.4 is 0 Å². The Hall–Kier alpha value is -2.94. The maximum atomic E-state index is 12.7. The van der Waals surface area contributed by atoms with E-state index in [1.54, 1.807) is 12.4 Å². The fourth-order valence-electron chi connectivity index (χ4n) is 2.61. The first kappa shape index (κ1) is 11.9. The number of rotatable bonds is 2. The number of hydrogen-bond donors (Lipinski definition) is 1. The van der Waals surface area contributed by atoms with Gasteiger partial charge < -0.3 is 4.98 Å². The smallest absolute Gasteiger partial charge is 0.196 e. The first-order valence-electron chi connectivity index (χ1n) is 6.78. The van der Waals surface area contributed by atoms with Crippen molar-refractivity contribution >= 4 is 27.6 Å². The number of para-hydroxylation sites is 2. The van der Waals surface area contributed by atoms with Crippen LogP contribution in [0.3, 0.4) is 0 Å². The number of benzene rings is 2. The maximum Gasteiger partial charge on any atom is 0.196 e. The maximum absolute atomic E-state index is 12.7. The minimum absolute atomic E-state index is 0.00861. The van der Waals surface area contributed by atoms with Crippen LogP contribution in [-0.2, 0) is 0 Å². The Morgan fingerprint density at radius 1 is 1.00 bits per heavy atom. The molecule has 0 aliphatic heterocycles. The number of ketones is 1. The topological polar surface area (TPSA) is 45.8 Å². The molecule has 0 fully saturated rings. The van der Waals surface area contributed by atoms with E-state index in [-0.39, 0.29) is 5.78 Å². The van der Waals surface area contributed by atoms with E-state index in [0.717, 1.165) is 21.8 Å². The summed E-state index contributed by atoms with van der Waals surface area (Å²) in [5.74, 6) is -0.00861. The van der Waals surface area contributed by atoms with Gasteiger partial charge in [0.2, 0.25) is 0 Å². The summed E-state index contributed by atoms with van der Waals surface area (Å²) in [6.45, 7) is 0. The third-order valence-electron chi connectivity index (χ3n) is 3.69. The summed E-state index contributed by atoms with van der Waals surface area (Å²) >= 11 is 0. The van der Waals surface area contributed by atoms with Crippen LogP contribution in [0.15, 0.2) is 67.0 Å². The predicted octanol–water partition coefficient (Wildman–Crippen LogP) is 3.95. The lowest BCUT2D eigenvalue weighted by molar-refractivity contribution is 0.104. The number of hydrogen-bond acceptors (Lipinski definition) is 2. The SMILES string of the molecule is O=C(c1cnc2ccccc2c1)c1c[nH]c2ccccc12. The molecule has 21 heavy (non-hydrogen) atoms. The minimum atomic E-state index is -0.00861. The molecule has 4 aromatic rings. The number of aromatic nitrogens is 2. The van der Waals surface area contributed by atoms with Crippen LogP contribution in [0.1, 0.15) is 15.9 Å². The molecule has 3 heteroatoms. The van der Waals surface area contributed by atoms with Gasteiger partial charge in [-0.1, -0.05) is 36.4 Å². The van der Waals surface area contributed by atoms with Crippen LogP contribution in [-0.4, -0.2) is 15.8 Å². The Morgan fingerprint density at radius 2 is 1.81 bits per heavy atom. The van der Waals surface area contributed by atoms with Crippen molar-refractivity contribution in [1.82, 2.24) is 9.97 Å². The van der Waals surface area contributed by atoms with Crippen molar-refractivity contribution in [2.75, 3.05) is 0 Å². The first-order valence-corrected chi connectivity index (χ1v) is 6.78. The second kappa shape index (κ2) is 4.56. The summed E-state index contributed by atoms with van der Waals surface area (Å²) in [4.78, 5) is 20.2. The molecule has 0 saturated carbocycles. The Kier molecular flexibility index (Phi) is 2.57. The van der Waals surface area contributed by atoms with E-state index in [1.165, 1.54) is 0 Å². The molecule has 0 radical (unpaired) electrons. The lowest BCUT2D eigenvalue weighted by Crippen LogP contribution is -2.01. The van der Waals surface area contributed by atoms with E-state index < -0.39 is 0 Å². The third kappa shape index (κ3) is 1.91. The molecule has 1 N–H and O–H groups in total. The zero-order chi connectivity index (χ0) is 14.2. The second-order valence-electron chi connectivity index (χ2n) is 4.99. The van der Waals surface area contributed by atoms with Gasteiger partial charge in [-0.25, -0.2) is 0 Å². The molecule has 0 amide bonds. The molecule has 0 aliphatic carbocycles. The monoisotopic (exact) mass is 272 g/mol. The second-order valence-corrected chi connectivity index (χ2v) is 4.99. The number of H-pyrrole nitrogens is 1. The van der Waals surface area contributed by atoms with Crippen LogP contribution in [0, 0.1) is 0 Å². The van der Waals surface area contributed by atoms with Crippen LogP contribution in [0.5, 0.6) is 0 Å². The molecular formula is C18H12N2O. The van der Waals surface area contributed by atoms with Gasteiger partial charge in [0.05, 0.1) is 5.52 Å². The summed E-state index contributed by atoms with van der Waals surface area (Å²) in [7, 11) is 0. The van der Waals surface area contributed by atoms with Crippen molar-refractivity contribution in [2.45, 2.75) is 0 Å². The number of nitrogens with zero attached hydrogens (tertiary/aromatic N) is 1. The molecule has 0 unspecified atom stereocenters. The van der Waals surface area contributed by atoms with Crippen molar-refractivity contribution in [1.29, 1.82) is 0 Å².